The largest absolute Gasteiger partial charge is 0.481 e. The number of aliphatic carboxylic acids is 1. The van der Waals surface area contributed by atoms with Crippen LogP contribution in [0, 0.1) is 0 Å². The summed E-state index contributed by atoms with van der Waals surface area (Å²) in [6.45, 7) is 0.208. The van der Waals surface area contributed by atoms with Crippen LogP contribution in [0.15, 0.2) is 71.9 Å². The van der Waals surface area contributed by atoms with E-state index in [-0.39, 0.29) is 49.7 Å². The second-order valence-electron chi connectivity index (χ2n) is 9.23. The van der Waals surface area contributed by atoms with Crippen LogP contribution < -0.4 is 5.32 Å². The van der Waals surface area contributed by atoms with Gasteiger partial charge in [0.25, 0.3) is 0 Å². The zero-order chi connectivity index (χ0) is 28.5. The lowest BCUT2D eigenvalue weighted by atomic mass is 10.0. The summed E-state index contributed by atoms with van der Waals surface area (Å²) in [7, 11) is 0. The Hall–Kier alpha value is -3.77. The second kappa shape index (κ2) is 14.0. The molecule has 0 spiro atoms. The van der Waals surface area contributed by atoms with Crippen LogP contribution in [0.3, 0.4) is 0 Å². The molecule has 1 aliphatic heterocycles. The van der Waals surface area contributed by atoms with Gasteiger partial charge in [0.15, 0.2) is 6.29 Å². The Balaban J connectivity index is 1.46. The number of carboxylic acids is 2. The van der Waals surface area contributed by atoms with Crippen LogP contribution in [0.2, 0.25) is 0 Å². The standard InChI is InChI=1S/C29H30N2O8S/c32-16-19-5-7-20(8-6-19)24-14-22(17-40-27-23(28(36)37)2-1-13-30-27)38-29(39-24)21-9-3-18(4-10-21)15-31-25(33)11-12-26(34)35/h1-10,13,22,24,29,32H,11-12,14-17H2,(H,31,33)(H,34,35)(H,36,37). The number of nitrogens with one attached hydrogen (secondary N) is 1. The lowest BCUT2D eigenvalue weighted by molar-refractivity contribution is -0.245. The molecule has 3 atom stereocenters. The molecule has 1 aliphatic rings. The van der Waals surface area contributed by atoms with Gasteiger partial charge in [-0.15, -0.1) is 11.8 Å². The van der Waals surface area contributed by atoms with Gasteiger partial charge in [-0.3, -0.25) is 9.59 Å². The van der Waals surface area contributed by atoms with Crippen molar-refractivity contribution in [2.24, 2.45) is 0 Å². The number of ether oxygens (including phenoxy) is 2. The van der Waals surface area contributed by atoms with Crippen LogP contribution >= 0.6 is 11.8 Å². The minimum atomic E-state index is -1.04. The van der Waals surface area contributed by atoms with Crippen molar-refractivity contribution < 1.29 is 39.2 Å². The maximum absolute atomic E-state index is 11.8. The van der Waals surface area contributed by atoms with E-state index in [0.717, 1.165) is 22.3 Å². The van der Waals surface area contributed by atoms with E-state index in [4.69, 9.17) is 14.6 Å². The van der Waals surface area contributed by atoms with E-state index in [0.29, 0.717) is 17.2 Å². The molecule has 1 fully saturated rings. The first-order valence-electron chi connectivity index (χ1n) is 12.7. The molecule has 4 rings (SSSR count). The number of aromatic carboxylic acids is 1. The van der Waals surface area contributed by atoms with Gasteiger partial charge < -0.3 is 30.1 Å². The highest BCUT2D eigenvalue weighted by molar-refractivity contribution is 7.99. The summed E-state index contributed by atoms with van der Waals surface area (Å²) in [6, 6.07) is 18.0. The molecule has 0 saturated carbocycles. The lowest BCUT2D eigenvalue weighted by Gasteiger charge is -2.36. The first-order valence-corrected chi connectivity index (χ1v) is 13.7. The number of carbonyl (C=O) groups is 3. The van der Waals surface area contributed by atoms with Gasteiger partial charge in [-0.1, -0.05) is 48.5 Å². The monoisotopic (exact) mass is 566 g/mol. The summed E-state index contributed by atoms with van der Waals surface area (Å²) in [5.41, 5.74) is 3.48. The molecule has 0 aliphatic carbocycles. The zero-order valence-corrected chi connectivity index (χ0v) is 22.4. The van der Waals surface area contributed by atoms with E-state index in [1.807, 2.05) is 48.5 Å². The van der Waals surface area contributed by atoms with Crippen LogP contribution in [0.1, 0.15) is 64.3 Å². The van der Waals surface area contributed by atoms with Gasteiger partial charge in [0, 0.05) is 36.9 Å². The van der Waals surface area contributed by atoms with Gasteiger partial charge in [-0.05, 0) is 28.8 Å². The van der Waals surface area contributed by atoms with Crippen LogP contribution in [0.4, 0.5) is 0 Å². The fourth-order valence-electron chi connectivity index (χ4n) is 4.17. The van der Waals surface area contributed by atoms with Crippen LogP contribution in [-0.2, 0) is 32.2 Å². The van der Waals surface area contributed by atoms with Crippen molar-refractivity contribution in [3.63, 3.8) is 0 Å². The van der Waals surface area contributed by atoms with Gasteiger partial charge in [-0.25, -0.2) is 9.78 Å². The van der Waals surface area contributed by atoms with E-state index in [1.54, 1.807) is 12.3 Å². The molecule has 0 bridgehead atoms. The summed E-state index contributed by atoms with van der Waals surface area (Å²) in [5.74, 6) is -1.93. The highest BCUT2D eigenvalue weighted by Crippen LogP contribution is 2.39. The number of carbonyl (C=O) groups excluding carboxylic acids is 1. The number of benzene rings is 2. The van der Waals surface area contributed by atoms with E-state index in [1.165, 1.54) is 17.8 Å². The number of aromatic nitrogens is 1. The minimum Gasteiger partial charge on any atom is -0.481 e. The van der Waals surface area contributed by atoms with Crippen molar-refractivity contribution in [1.82, 2.24) is 10.3 Å². The third-order valence-corrected chi connectivity index (χ3v) is 7.47. The molecule has 0 radical (unpaired) electrons. The van der Waals surface area contributed by atoms with Crippen molar-refractivity contribution in [3.05, 3.63) is 94.7 Å². The Morgan fingerprint density at radius 3 is 2.30 bits per heavy atom. The van der Waals surface area contributed by atoms with Gasteiger partial charge >= 0.3 is 11.9 Å². The third kappa shape index (κ3) is 8.12. The van der Waals surface area contributed by atoms with Crippen molar-refractivity contribution in [2.45, 2.75) is 55.9 Å². The number of aliphatic hydroxyl groups is 1. The van der Waals surface area contributed by atoms with Crippen LogP contribution in [0.5, 0.6) is 0 Å². The molecule has 40 heavy (non-hydrogen) atoms. The molecular formula is C29H30N2O8S. The quantitative estimate of drug-likeness (QED) is 0.236. The topological polar surface area (TPSA) is 155 Å². The van der Waals surface area contributed by atoms with Crippen molar-refractivity contribution in [2.75, 3.05) is 5.75 Å². The van der Waals surface area contributed by atoms with Gasteiger partial charge in [-0.2, -0.15) is 0 Å². The SMILES string of the molecule is O=C(O)CCC(=O)NCc1ccc(C2OC(CSc3ncccc3C(=O)O)CC(c3ccc(CO)cc3)O2)cc1. The fourth-order valence-corrected chi connectivity index (χ4v) is 5.17. The highest BCUT2D eigenvalue weighted by Gasteiger charge is 2.32. The summed E-state index contributed by atoms with van der Waals surface area (Å²) in [5, 5.41) is 30.7. The fraction of sp³-hybridized carbons (Fsp3) is 0.310. The number of rotatable bonds is 12. The van der Waals surface area contributed by atoms with E-state index in [2.05, 4.69) is 10.3 Å². The highest BCUT2D eigenvalue weighted by atomic mass is 32.2. The molecule has 2 aromatic carbocycles. The summed E-state index contributed by atoms with van der Waals surface area (Å²) in [6.07, 6.45) is 0.535. The van der Waals surface area contributed by atoms with Crippen LogP contribution in [0.25, 0.3) is 0 Å². The Labute approximate surface area is 235 Å². The maximum Gasteiger partial charge on any atom is 0.338 e. The molecule has 210 valence electrons. The first-order chi connectivity index (χ1) is 19.3. The molecule has 3 aromatic rings. The normalized spacial score (nSPS) is 18.7. The number of thioether (sulfide) groups is 1. The predicted molar refractivity (Wildman–Crippen MR) is 146 cm³/mol. The van der Waals surface area contributed by atoms with E-state index in [9.17, 15) is 24.6 Å². The van der Waals surface area contributed by atoms with Crippen LogP contribution in [-0.4, -0.2) is 50.0 Å². The summed E-state index contributed by atoms with van der Waals surface area (Å²) < 4.78 is 12.6. The van der Waals surface area contributed by atoms with Crippen molar-refractivity contribution >= 4 is 29.6 Å². The average molecular weight is 567 g/mol. The Bertz CT molecular complexity index is 1320. The maximum atomic E-state index is 11.8. The number of aliphatic hydroxyl groups excluding tert-OH is 1. The number of pyridine rings is 1. The van der Waals surface area contributed by atoms with E-state index < -0.39 is 18.2 Å². The number of hydrogen-bond acceptors (Lipinski definition) is 8. The molecule has 10 nitrogen and oxygen atoms in total. The number of hydrogen-bond donors (Lipinski definition) is 4. The first kappa shape index (κ1) is 29.2. The molecule has 1 amide bonds. The number of carboxylic acid groups (broad SMARTS) is 2. The summed E-state index contributed by atoms with van der Waals surface area (Å²) >= 11 is 1.32. The Morgan fingerprint density at radius 2 is 1.62 bits per heavy atom. The molecule has 3 unspecified atom stereocenters. The van der Waals surface area contributed by atoms with Gasteiger partial charge in [0.2, 0.25) is 5.91 Å². The Kier molecular flexibility index (Phi) is 10.3. The van der Waals surface area contributed by atoms with Crippen molar-refractivity contribution in [3.8, 4) is 0 Å². The molecule has 1 aromatic heterocycles. The summed E-state index contributed by atoms with van der Waals surface area (Å²) in [4.78, 5) is 38.3. The van der Waals surface area contributed by atoms with Crippen molar-refractivity contribution in [1.29, 1.82) is 0 Å². The smallest absolute Gasteiger partial charge is 0.338 e. The third-order valence-electron chi connectivity index (χ3n) is 6.33. The van der Waals surface area contributed by atoms with Gasteiger partial charge in [0.05, 0.1) is 30.8 Å². The molecule has 4 N–H and O–H groups in total. The number of amides is 1. The lowest BCUT2D eigenvalue weighted by Crippen LogP contribution is -2.31. The second-order valence-corrected chi connectivity index (χ2v) is 10.2. The predicted octanol–water partition coefficient (Wildman–Crippen LogP) is 4.09. The Morgan fingerprint density at radius 1 is 0.925 bits per heavy atom. The number of nitrogens with zero attached hydrogens (tertiary/aromatic N) is 1. The molecule has 2 heterocycles. The zero-order valence-electron chi connectivity index (χ0n) is 21.6. The van der Waals surface area contributed by atoms with Gasteiger partial charge in [0.1, 0.15) is 5.03 Å². The average Bonchev–Trinajstić information content (AvgIpc) is 2.98. The van der Waals surface area contributed by atoms with E-state index >= 15 is 0 Å². The molecule has 11 heteroatoms. The molecule has 1 saturated heterocycles. The molecular weight excluding hydrogens is 536 g/mol. The minimum absolute atomic E-state index is 0.0564.